The molecule has 0 saturated carbocycles. The number of ether oxygens (including phenoxy) is 2. The van der Waals surface area contributed by atoms with Gasteiger partial charge in [0.15, 0.2) is 11.5 Å². The standard InChI is InChI=1S/C40H24O8S4/c41-21-23-17-31-35(43)33(19-23)51-29-15-8-16-30(38(29)48-40(46)26-11-5-2-6-12-26)52-34-20-24(22-42)18-32(36(34)44)50-28-14-7-13-27(49-31)37(28)47-39(45)25-9-3-1-4-10-25/h1-22,43-44H. The third kappa shape index (κ3) is 7.46. The second-order valence-electron chi connectivity index (χ2n) is 11.1. The van der Waals surface area contributed by atoms with E-state index in [-0.39, 0.29) is 34.1 Å². The summed E-state index contributed by atoms with van der Waals surface area (Å²) in [6.07, 6.45) is 1.33. The number of phenols is 2. The molecule has 0 spiro atoms. The number of aromatic hydroxyl groups is 2. The van der Waals surface area contributed by atoms with E-state index in [1.54, 1.807) is 97.1 Å². The normalized spacial score (nSPS) is 12.0. The van der Waals surface area contributed by atoms with Gasteiger partial charge in [0.2, 0.25) is 0 Å². The Balaban J connectivity index is 1.43. The summed E-state index contributed by atoms with van der Waals surface area (Å²) in [6.45, 7) is 0. The van der Waals surface area contributed by atoms with Crippen molar-refractivity contribution in [2.75, 3.05) is 0 Å². The molecule has 0 aliphatic carbocycles. The van der Waals surface area contributed by atoms with Crippen molar-refractivity contribution >= 4 is 71.6 Å². The third-order valence-electron chi connectivity index (χ3n) is 7.57. The highest BCUT2D eigenvalue weighted by Gasteiger charge is 2.25. The zero-order chi connectivity index (χ0) is 36.2. The molecule has 256 valence electrons. The average Bonchev–Trinajstić information content (AvgIpc) is 3.17. The topological polar surface area (TPSA) is 127 Å². The lowest BCUT2D eigenvalue weighted by Gasteiger charge is -2.19. The Bertz CT molecular complexity index is 2110. The first-order chi connectivity index (χ1) is 25.3. The fraction of sp³-hybridized carbons (Fsp3) is 0. The Kier molecular flexibility index (Phi) is 10.4. The molecule has 1 aliphatic rings. The molecular formula is C40H24O8S4. The number of phenolic OH excluding ortho intramolecular Hbond substituents is 2. The molecule has 0 aromatic heterocycles. The first-order valence-electron chi connectivity index (χ1n) is 15.5. The lowest BCUT2D eigenvalue weighted by molar-refractivity contribution is 0.0716. The van der Waals surface area contributed by atoms with Gasteiger partial charge in [-0.05, 0) is 72.8 Å². The minimum absolute atomic E-state index is 0.147. The fourth-order valence-electron chi connectivity index (χ4n) is 5.09. The van der Waals surface area contributed by atoms with E-state index in [2.05, 4.69) is 0 Å². The van der Waals surface area contributed by atoms with Gasteiger partial charge in [0.05, 0.1) is 50.3 Å². The van der Waals surface area contributed by atoms with Gasteiger partial charge in [-0.15, -0.1) is 0 Å². The maximum Gasteiger partial charge on any atom is 0.343 e. The van der Waals surface area contributed by atoms with E-state index in [0.717, 1.165) is 47.0 Å². The smallest absolute Gasteiger partial charge is 0.343 e. The second-order valence-corrected chi connectivity index (χ2v) is 15.4. The molecule has 0 amide bonds. The predicted molar refractivity (Wildman–Crippen MR) is 199 cm³/mol. The van der Waals surface area contributed by atoms with E-state index >= 15 is 0 Å². The Morgan fingerprint density at radius 2 is 0.750 bits per heavy atom. The molecule has 12 heteroatoms. The molecule has 1 heterocycles. The van der Waals surface area contributed by atoms with Crippen molar-refractivity contribution in [2.45, 2.75) is 39.2 Å². The average molecular weight is 761 g/mol. The summed E-state index contributed by atoms with van der Waals surface area (Å²) in [7, 11) is 0. The van der Waals surface area contributed by atoms with Gasteiger partial charge >= 0.3 is 11.9 Å². The Hall–Kier alpha value is -5.40. The number of hydrogen-bond acceptors (Lipinski definition) is 12. The van der Waals surface area contributed by atoms with Crippen LogP contribution in [-0.4, -0.2) is 34.7 Å². The highest BCUT2D eigenvalue weighted by Crippen LogP contribution is 2.53. The van der Waals surface area contributed by atoms with Crippen molar-refractivity contribution < 1.29 is 38.9 Å². The Morgan fingerprint density at radius 3 is 1.04 bits per heavy atom. The fourth-order valence-corrected chi connectivity index (χ4v) is 9.47. The molecule has 0 fully saturated rings. The summed E-state index contributed by atoms with van der Waals surface area (Å²) in [5.74, 6) is -1.27. The van der Waals surface area contributed by atoms with Crippen LogP contribution >= 0.6 is 47.0 Å². The van der Waals surface area contributed by atoms with Crippen LogP contribution in [0.25, 0.3) is 0 Å². The number of rotatable bonds is 6. The second kappa shape index (κ2) is 15.5. The predicted octanol–water partition coefficient (Wildman–Crippen LogP) is 10.1. The summed E-state index contributed by atoms with van der Waals surface area (Å²) >= 11 is 4.30. The van der Waals surface area contributed by atoms with Gasteiger partial charge in [-0.3, -0.25) is 9.59 Å². The molecule has 0 saturated heterocycles. The van der Waals surface area contributed by atoms with E-state index < -0.39 is 11.9 Å². The third-order valence-corrected chi connectivity index (χ3v) is 11.9. The van der Waals surface area contributed by atoms with Crippen LogP contribution in [-0.2, 0) is 0 Å². The van der Waals surface area contributed by atoms with Crippen molar-refractivity contribution in [1.82, 2.24) is 0 Å². The molecule has 0 radical (unpaired) electrons. The summed E-state index contributed by atoms with van der Waals surface area (Å²) < 4.78 is 12.1. The van der Waals surface area contributed by atoms with E-state index in [0.29, 0.717) is 62.9 Å². The van der Waals surface area contributed by atoms with Gasteiger partial charge in [0.1, 0.15) is 24.1 Å². The molecule has 8 nitrogen and oxygen atoms in total. The molecule has 8 bridgehead atoms. The van der Waals surface area contributed by atoms with Crippen molar-refractivity contribution in [1.29, 1.82) is 0 Å². The molecule has 2 N–H and O–H groups in total. The van der Waals surface area contributed by atoms with Crippen LogP contribution in [0, 0.1) is 0 Å². The number of aldehydes is 2. The van der Waals surface area contributed by atoms with Crippen LogP contribution in [0.4, 0.5) is 0 Å². The zero-order valence-corrected chi connectivity index (χ0v) is 29.9. The number of hydrogen-bond donors (Lipinski definition) is 2. The highest BCUT2D eigenvalue weighted by molar-refractivity contribution is 8.01. The minimum atomic E-state index is -0.634. The molecule has 1 aliphatic heterocycles. The maximum absolute atomic E-state index is 13.4. The molecule has 6 aromatic rings. The molecule has 0 unspecified atom stereocenters. The summed E-state index contributed by atoms with van der Waals surface area (Å²) in [5.41, 5.74) is 1.15. The number of fused-ring (bicyclic) bond motifs is 8. The highest BCUT2D eigenvalue weighted by atomic mass is 32.2. The Labute approximate surface area is 314 Å². The molecule has 0 atom stereocenters. The lowest BCUT2D eigenvalue weighted by atomic mass is 10.2. The number of para-hydroxylation sites is 2. The van der Waals surface area contributed by atoms with Gasteiger partial charge in [0.25, 0.3) is 0 Å². The van der Waals surface area contributed by atoms with Crippen LogP contribution in [0.3, 0.4) is 0 Å². The van der Waals surface area contributed by atoms with Gasteiger partial charge in [0, 0.05) is 11.1 Å². The van der Waals surface area contributed by atoms with Gasteiger partial charge in [-0.1, -0.05) is 95.6 Å². The van der Waals surface area contributed by atoms with Gasteiger partial charge in [-0.25, -0.2) is 9.59 Å². The van der Waals surface area contributed by atoms with E-state index in [4.69, 9.17) is 9.47 Å². The summed E-state index contributed by atoms with van der Waals surface area (Å²) in [5, 5.41) is 23.4. The van der Waals surface area contributed by atoms with Crippen LogP contribution < -0.4 is 9.47 Å². The largest absolute Gasteiger partial charge is 0.506 e. The van der Waals surface area contributed by atoms with Crippen molar-refractivity contribution in [3.63, 3.8) is 0 Å². The molecule has 6 aromatic carbocycles. The first-order valence-corrected chi connectivity index (χ1v) is 18.7. The quantitative estimate of drug-likeness (QED) is 0.0951. The number of carbonyl (C=O) groups excluding carboxylic acids is 4. The molecular weight excluding hydrogens is 737 g/mol. The van der Waals surface area contributed by atoms with Gasteiger partial charge < -0.3 is 19.7 Å². The molecule has 7 rings (SSSR count). The van der Waals surface area contributed by atoms with Crippen LogP contribution in [0.2, 0.25) is 0 Å². The summed E-state index contributed by atoms with van der Waals surface area (Å²) in [4.78, 5) is 54.1. The van der Waals surface area contributed by atoms with E-state index in [1.807, 2.05) is 0 Å². The van der Waals surface area contributed by atoms with Crippen LogP contribution in [0.1, 0.15) is 41.4 Å². The van der Waals surface area contributed by atoms with Gasteiger partial charge in [-0.2, -0.15) is 0 Å². The van der Waals surface area contributed by atoms with E-state index in [1.165, 1.54) is 24.3 Å². The van der Waals surface area contributed by atoms with Crippen molar-refractivity contribution in [3.05, 3.63) is 144 Å². The zero-order valence-electron chi connectivity index (χ0n) is 26.7. The lowest BCUT2D eigenvalue weighted by Crippen LogP contribution is -2.10. The number of benzene rings is 6. The monoisotopic (exact) mass is 760 g/mol. The van der Waals surface area contributed by atoms with Crippen LogP contribution in [0.15, 0.2) is 160 Å². The first kappa shape index (κ1) is 35.0. The van der Waals surface area contributed by atoms with Crippen molar-refractivity contribution in [3.8, 4) is 23.0 Å². The maximum atomic E-state index is 13.4. The summed E-state index contributed by atoms with van der Waals surface area (Å²) in [6, 6.07) is 33.3. The van der Waals surface area contributed by atoms with E-state index in [9.17, 15) is 29.4 Å². The Morgan fingerprint density at radius 1 is 0.442 bits per heavy atom. The number of carbonyl (C=O) groups is 4. The molecule has 52 heavy (non-hydrogen) atoms. The number of esters is 2. The van der Waals surface area contributed by atoms with Crippen LogP contribution in [0.5, 0.6) is 23.0 Å². The minimum Gasteiger partial charge on any atom is -0.506 e. The van der Waals surface area contributed by atoms with Crippen molar-refractivity contribution in [2.24, 2.45) is 0 Å². The SMILES string of the molecule is O=Cc1cc2c(O)c(c1)Sc1cccc(c1OC(=O)c1ccccc1)Sc1cc(C=O)cc(c1O)Sc1cccc(c1OC(=O)c1ccccc1)S2.